The van der Waals surface area contributed by atoms with Gasteiger partial charge in [0.25, 0.3) is 17.7 Å². The first-order chi connectivity index (χ1) is 47.5. The molecule has 0 aliphatic carbocycles. The Kier molecular flexibility index (Phi) is 23.6. The lowest BCUT2D eigenvalue weighted by Gasteiger charge is -2.26. The summed E-state index contributed by atoms with van der Waals surface area (Å²) >= 11 is 0. The zero-order chi connectivity index (χ0) is 70.6. The van der Waals surface area contributed by atoms with Gasteiger partial charge in [-0.25, -0.2) is 32.9 Å². The third-order valence-corrected chi connectivity index (χ3v) is 17.3. The van der Waals surface area contributed by atoms with Crippen LogP contribution in [0.25, 0.3) is 0 Å². The SMILES string of the molecule is C.CC(=O)c1ccc(NC(=O)CCC2c3c(F)cccc3C(=O)N2Cc2ccc(C)cc2)nc1.CN(C)c1ccc(CN2C(=O)c3cccc(F)c3C2CCC(=O)Nc2ccc(C(=O)O)cn2)cc1.Cc1ccc(CN2C(=O)c3cccc(F)c3C2CCC(=O)Nc2ccc(C)cn2)cc1. The number of Topliss-reactive ketones (excluding diaryl/α,β-unsaturated/α-hetero) is 1. The lowest BCUT2D eigenvalue weighted by Crippen LogP contribution is -2.28. The van der Waals surface area contributed by atoms with E-state index < -0.39 is 41.5 Å². The number of carbonyl (C=O) groups excluding carboxylic acids is 7. The van der Waals surface area contributed by atoms with E-state index in [0.717, 1.165) is 45.3 Å². The normalized spacial score (nSPS) is 14.7. The molecule has 4 N–H and O–H groups in total. The van der Waals surface area contributed by atoms with Crippen LogP contribution in [0.5, 0.6) is 0 Å². The fraction of sp³-hybridized carbons (Fsp3) is 0.244. The average molecular weight is 1360 g/mol. The molecule has 12 rings (SSSR count). The van der Waals surface area contributed by atoms with Crippen LogP contribution in [-0.4, -0.2) is 96.0 Å². The minimum absolute atomic E-state index is 0. The van der Waals surface area contributed by atoms with Crippen LogP contribution in [0.3, 0.4) is 0 Å². The molecule has 3 atom stereocenters. The molecule has 3 aliphatic rings. The van der Waals surface area contributed by atoms with Crippen molar-refractivity contribution in [2.45, 2.75) is 111 Å². The number of carbonyl (C=O) groups is 8. The van der Waals surface area contributed by atoms with Gasteiger partial charge in [-0.05, 0) is 148 Å². The quantitative estimate of drug-likeness (QED) is 0.0490. The molecular formula is C78H77F3N10O9. The van der Waals surface area contributed by atoms with Crippen molar-refractivity contribution in [1.29, 1.82) is 0 Å². The van der Waals surface area contributed by atoms with E-state index in [1.165, 1.54) is 55.6 Å². The maximum atomic E-state index is 14.8. The Hall–Kier alpha value is -11.7. The van der Waals surface area contributed by atoms with Gasteiger partial charge in [0, 0.05) is 116 Å². The Morgan fingerprint density at radius 1 is 0.440 bits per heavy atom. The average Bonchev–Trinajstić information content (AvgIpc) is 1.63. The van der Waals surface area contributed by atoms with Crippen molar-refractivity contribution in [3.05, 3.63) is 278 Å². The first kappa shape index (κ1) is 72.6. The van der Waals surface area contributed by atoms with E-state index in [1.54, 1.807) is 63.4 Å². The van der Waals surface area contributed by atoms with Gasteiger partial charge in [-0.15, -0.1) is 0 Å². The number of nitrogens with zero attached hydrogens (tertiary/aromatic N) is 7. The van der Waals surface area contributed by atoms with Crippen LogP contribution < -0.4 is 20.9 Å². The number of benzene rings is 6. The third kappa shape index (κ3) is 17.5. The Morgan fingerprint density at radius 3 is 1.06 bits per heavy atom. The molecule has 3 aliphatic heterocycles. The summed E-state index contributed by atoms with van der Waals surface area (Å²) in [6.45, 7) is 8.32. The minimum atomic E-state index is -1.11. The summed E-state index contributed by atoms with van der Waals surface area (Å²) in [5, 5.41) is 17.0. The van der Waals surface area contributed by atoms with Crippen molar-refractivity contribution >= 4 is 70.3 Å². The second-order valence-corrected chi connectivity index (χ2v) is 24.7. The number of aryl methyl sites for hydroxylation is 3. The monoisotopic (exact) mass is 1350 g/mol. The van der Waals surface area contributed by atoms with Crippen molar-refractivity contribution in [1.82, 2.24) is 29.7 Å². The number of ketones is 1. The zero-order valence-corrected chi connectivity index (χ0v) is 55.4. The Bertz CT molecular complexity index is 4480. The van der Waals surface area contributed by atoms with Crippen molar-refractivity contribution < 1.29 is 56.6 Å². The molecule has 0 saturated heterocycles. The molecule has 0 saturated carbocycles. The number of pyridine rings is 3. The van der Waals surface area contributed by atoms with Gasteiger partial charge in [0.15, 0.2) is 5.78 Å². The zero-order valence-electron chi connectivity index (χ0n) is 55.4. The number of hydrogen-bond acceptors (Lipinski definition) is 12. The number of aromatic carboxylic acids is 1. The van der Waals surface area contributed by atoms with Crippen molar-refractivity contribution in [2.75, 3.05) is 34.9 Å². The molecule has 6 aromatic carbocycles. The van der Waals surface area contributed by atoms with E-state index in [0.29, 0.717) is 70.1 Å². The van der Waals surface area contributed by atoms with Crippen LogP contribution in [-0.2, 0) is 34.0 Å². The summed E-state index contributed by atoms with van der Waals surface area (Å²) in [4.78, 5) is 118. The maximum Gasteiger partial charge on any atom is 0.337 e. The number of amides is 6. The van der Waals surface area contributed by atoms with E-state index in [9.17, 15) is 51.5 Å². The number of nitrogens with one attached hydrogen (secondary N) is 3. The molecule has 22 heteroatoms. The van der Waals surface area contributed by atoms with E-state index in [1.807, 2.05) is 119 Å². The summed E-state index contributed by atoms with van der Waals surface area (Å²) in [7, 11) is 3.88. The molecule has 0 fully saturated rings. The maximum absolute atomic E-state index is 14.8. The number of hydrogen-bond donors (Lipinski definition) is 4. The number of aromatic nitrogens is 3. The molecular weight excluding hydrogens is 1280 g/mol. The predicted molar refractivity (Wildman–Crippen MR) is 375 cm³/mol. The lowest BCUT2D eigenvalue weighted by atomic mass is 9.99. The van der Waals surface area contributed by atoms with Crippen LogP contribution in [0, 0.1) is 38.2 Å². The van der Waals surface area contributed by atoms with Crippen LogP contribution in [0.4, 0.5) is 36.3 Å². The van der Waals surface area contributed by atoms with E-state index in [-0.39, 0.29) is 98.7 Å². The largest absolute Gasteiger partial charge is 0.478 e. The fourth-order valence-electron chi connectivity index (χ4n) is 12.1. The third-order valence-electron chi connectivity index (χ3n) is 17.3. The second kappa shape index (κ2) is 32.6. The highest BCUT2D eigenvalue weighted by Crippen LogP contribution is 2.43. The molecule has 0 bridgehead atoms. The molecule has 9 aromatic rings. The highest BCUT2D eigenvalue weighted by atomic mass is 19.1. The molecule has 6 heterocycles. The van der Waals surface area contributed by atoms with E-state index >= 15 is 0 Å². The van der Waals surface area contributed by atoms with Crippen molar-refractivity contribution in [2.24, 2.45) is 0 Å². The van der Waals surface area contributed by atoms with Gasteiger partial charge in [0.1, 0.15) is 34.9 Å². The Morgan fingerprint density at radius 2 is 0.760 bits per heavy atom. The highest BCUT2D eigenvalue weighted by molar-refractivity contribution is 6.01. The first-order valence-electron chi connectivity index (χ1n) is 32.1. The lowest BCUT2D eigenvalue weighted by molar-refractivity contribution is -0.117. The summed E-state index contributed by atoms with van der Waals surface area (Å²) < 4.78 is 44.2. The number of halogens is 3. The molecule has 19 nitrogen and oxygen atoms in total. The van der Waals surface area contributed by atoms with E-state index in [2.05, 4.69) is 30.9 Å². The van der Waals surface area contributed by atoms with Crippen LogP contribution in [0.1, 0.15) is 173 Å². The minimum Gasteiger partial charge on any atom is -0.478 e. The molecule has 6 amide bonds. The number of carboxylic acid groups (broad SMARTS) is 1. The summed E-state index contributed by atoms with van der Waals surface area (Å²) in [6, 6.07) is 44.9. The number of anilines is 4. The van der Waals surface area contributed by atoms with Gasteiger partial charge in [-0.1, -0.05) is 103 Å². The Balaban J connectivity index is 0.000000174. The topological polar surface area (TPSA) is 245 Å². The van der Waals surface area contributed by atoms with Gasteiger partial charge < -0.3 is 40.7 Å². The van der Waals surface area contributed by atoms with Crippen molar-refractivity contribution in [3.63, 3.8) is 0 Å². The first-order valence-corrected chi connectivity index (χ1v) is 32.1. The van der Waals surface area contributed by atoms with E-state index in [4.69, 9.17) is 5.11 Å². The summed E-state index contributed by atoms with van der Waals surface area (Å²) in [5.74, 6) is -3.14. The predicted octanol–water partition coefficient (Wildman–Crippen LogP) is 14.5. The molecule has 100 heavy (non-hydrogen) atoms. The highest BCUT2D eigenvalue weighted by Gasteiger charge is 2.42. The molecule has 3 unspecified atom stereocenters. The van der Waals surface area contributed by atoms with Crippen LogP contribution >= 0.6 is 0 Å². The van der Waals surface area contributed by atoms with Gasteiger partial charge in [-0.3, -0.25) is 33.6 Å². The second-order valence-electron chi connectivity index (χ2n) is 24.7. The van der Waals surface area contributed by atoms with Gasteiger partial charge >= 0.3 is 5.97 Å². The fourth-order valence-corrected chi connectivity index (χ4v) is 12.1. The molecule has 514 valence electrons. The smallest absolute Gasteiger partial charge is 0.337 e. The van der Waals surface area contributed by atoms with Gasteiger partial charge in [-0.2, -0.15) is 0 Å². The summed E-state index contributed by atoms with van der Waals surface area (Å²) in [5.41, 5.74) is 9.57. The number of carboxylic acids is 1. The number of fused-ring (bicyclic) bond motifs is 3. The standard InChI is InChI=1S/C26H25FN4O4.C26H24FN3O3.C25H24FN3O2.CH4/c1-30(2)18-9-6-16(7-10-18)15-31-21(24-19(25(31)33)4-3-5-20(24)27)11-13-23(32)29-22-12-8-17(14-28-22)26(34)35;1-16-6-8-18(9-7-16)15-30-22(25-20(26(30)33)4-3-5-21(25)27)11-13-24(32)29-23-12-10-19(14-28-23)17(2)31;1-16-6-9-18(10-7-16)15-29-21(24-19(25(29)31)4-3-5-20(24)26)11-13-23(30)28-22-12-8-17(2)14-27-22;/h3-10,12,14,21H,11,13,15H2,1-2H3,(H,34,35)(H,28,29,32);3-10,12,14,22H,11,13,15H2,1-2H3,(H,28,29,32);3-10,12,14,21H,11,13,15H2,1-2H3,(H,27,28,30);1H4. The molecule has 0 radical (unpaired) electrons. The van der Waals surface area contributed by atoms with Gasteiger partial charge in [0.2, 0.25) is 17.7 Å². The van der Waals surface area contributed by atoms with Crippen molar-refractivity contribution in [3.8, 4) is 0 Å². The van der Waals surface area contributed by atoms with Crippen LogP contribution in [0.2, 0.25) is 0 Å². The number of rotatable bonds is 21. The Labute approximate surface area is 578 Å². The molecule has 0 spiro atoms. The van der Waals surface area contributed by atoms with Crippen LogP contribution in [0.15, 0.2) is 182 Å². The summed E-state index contributed by atoms with van der Waals surface area (Å²) in [6.07, 6.45) is 5.29. The van der Waals surface area contributed by atoms with Gasteiger partial charge in [0.05, 0.1) is 23.7 Å². The molecule has 3 aromatic heterocycles.